The number of nitrogens with zero attached hydrogens (tertiary/aromatic N) is 1. The summed E-state index contributed by atoms with van der Waals surface area (Å²) >= 11 is 6.41. The highest BCUT2D eigenvalue weighted by molar-refractivity contribution is 6.31. The van der Waals surface area contributed by atoms with E-state index in [1.807, 2.05) is 19.9 Å². The molecular weight excluding hydrogens is 316 g/mol. The molecular formula is C17H25ClN2O3. The molecule has 1 saturated heterocycles. The average Bonchev–Trinajstić information content (AvgIpc) is 2.97. The standard InChI is InChI=1S/C17H25ClN2O3/c1-3-8-23-16-10-13(18)12(9-15(16)22-4-2)11-20-7-5-6-14(20)17(19)21/h9-10,14H,3-8,11H2,1-2H3,(H2,19,21)/t14-/m0/s1. The van der Waals surface area contributed by atoms with E-state index in [4.69, 9.17) is 26.8 Å². The molecule has 1 aromatic carbocycles. The van der Waals surface area contributed by atoms with Crippen molar-refractivity contribution in [1.82, 2.24) is 4.90 Å². The number of nitrogens with two attached hydrogens (primary N) is 1. The maximum absolute atomic E-state index is 11.5. The van der Waals surface area contributed by atoms with Gasteiger partial charge < -0.3 is 15.2 Å². The van der Waals surface area contributed by atoms with Gasteiger partial charge in [0.25, 0.3) is 0 Å². The van der Waals surface area contributed by atoms with Crippen LogP contribution in [0.5, 0.6) is 11.5 Å². The molecule has 0 aliphatic carbocycles. The second-order valence-electron chi connectivity index (χ2n) is 5.70. The van der Waals surface area contributed by atoms with Crippen LogP contribution in [-0.4, -0.2) is 36.6 Å². The maximum Gasteiger partial charge on any atom is 0.234 e. The van der Waals surface area contributed by atoms with E-state index >= 15 is 0 Å². The molecule has 1 fully saturated rings. The van der Waals surface area contributed by atoms with Gasteiger partial charge in [-0.1, -0.05) is 18.5 Å². The lowest BCUT2D eigenvalue weighted by Crippen LogP contribution is -2.39. The molecule has 0 aromatic heterocycles. The van der Waals surface area contributed by atoms with E-state index in [0.29, 0.717) is 36.3 Å². The molecule has 1 aliphatic rings. The van der Waals surface area contributed by atoms with Crippen LogP contribution in [0.1, 0.15) is 38.7 Å². The van der Waals surface area contributed by atoms with Crippen LogP contribution in [0.3, 0.4) is 0 Å². The number of carbonyl (C=O) groups excluding carboxylic acids is 1. The molecule has 1 aromatic rings. The Balaban J connectivity index is 2.21. The Hall–Kier alpha value is -1.46. The van der Waals surface area contributed by atoms with Crippen molar-refractivity contribution in [2.45, 2.75) is 45.7 Å². The van der Waals surface area contributed by atoms with Crippen molar-refractivity contribution >= 4 is 17.5 Å². The zero-order valence-corrected chi connectivity index (χ0v) is 14.6. The summed E-state index contributed by atoms with van der Waals surface area (Å²) in [6, 6.07) is 3.50. The molecule has 0 spiro atoms. The van der Waals surface area contributed by atoms with Crippen LogP contribution in [0.2, 0.25) is 5.02 Å². The molecule has 0 saturated carbocycles. The minimum atomic E-state index is -0.272. The van der Waals surface area contributed by atoms with Crippen LogP contribution in [-0.2, 0) is 11.3 Å². The second-order valence-corrected chi connectivity index (χ2v) is 6.11. The molecule has 0 radical (unpaired) electrons. The van der Waals surface area contributed by atoms with Crippen molar-refractivity contribution in [2.24, 2.45) is 5.73 Å². The maximum atomic E-state index is 11.5. The number of benzene rings is 1. The smallest absolute Gasteiger partial charge is 0.234 e. The van der Waals surface area contributed by atoms with Gasteiger partial charge in [-0.05, 0) is 44.4 Å². The number of primary amides is 1. The van der Waals surface area contributed by atoms with Crippen LogP contribution in [0.25, 0.3) is 0 Å². The Labute approximate surface area is 142 Å². The van der Waals surface area contributed by atoms with Crippen molar-refractivity contribution < 1.29 is 14.3 Å². The molecule has 0 unspecified atom stereocenters. The van der Waals surface area contributed by atoms with Crippen LogP contribution < -0.4 is 15.2 Å². The van der Waals surface area contributed by atoms with Gasteiger partial charge in [-0.15, -0.1) is 0 Å². The van der Waals surface area contributed by atoms with E-state index in [2.05, 4.69) is 4.90 Å². The molecule has 6 heteroatoms. The monoisotopic (exact) mass is 340 g/mol. The third-order valence-electron chi connectivity index (χ3n) is 3.94. The van der Waals surface area contributed by atoms with Gasteiger partial charge in [-0.25, -0.2) is 0 Å². The highest BCUT2D eigenvalue weighted by atomic mass is 35.5. The lowest BCUT2D eigenvalue weighted by Gasteiger charge is -2.23. The number of likely N-dealkylation sites (tertiary alicyclic amines) is 1. The van der Waals surface area contributed by atoms with E-state index in [1.165, 1.54) is 0 Å². The van der Waals surface area contributed by atoms with Crippen molar-refractivity contribution in [3.63, 3.8) is 0 Å². The molecule has 23 heavy (non-hydrogen) atoms. The molecule has 2 N–H and O–H groups in total. The summed E-state index contributed by atoms with van der Waals surface area (Å²) in [6.07, 6.45) is 2.70. The summed E-state index contributed by atoms with van der Waals surface area (Å²) in [7, 11) is 0. The number of hydrogen-bond acceptors (Lipinski definition) is 4. The fourth-order valence-electron chi connectivity index (χ4n) is 2.85. The van der Waals surface area contributed by atoms with E-state index < -0.39 is 0 Å². The zero-order chi connectivity index (χ0) is 16.8. The number of amides is 1. The first-order valence-electron chi connectivity index (χ1n) is 8.18. The summed E-state index contributed by atoms with van der Waals surface area (Å²) in [5.74, 6) is 1.08. The predicted molar refractivity (Wildman–Crippen MR) is 91.0 cm³/mol. The third kappa shape index (κ3) is 4.52. The Morgan fingerprint density at radius 3 is 2.74 bits per heavy atom. The van der Waals surface area contributed by atoms with Gasteiger partial charge in [0.15, 0.2) is 11.5 Å². The molecule has 2 rings (SSSR count). The fourth-order valence-corrected chi connectivity index (χ4v) is 3.06. The molecule has 1 heterocycles. The van der Waals surface area contributed by atoms with Crippen molar-refractivity contribution in [1.29, 1.82) is 0 Å². The molecule has 5 nitrogen and oxygen atoms in total. The van der Waals surface area contributed by atoms with E-state index in [1.54, 1.807) is 6.07 Å². The number of ether oxygens (including phenoxy) is 2. The highest BCUT2D eigenvalue weighted by Gasteiger charge is 2.29. The Bertz CT molecular complexity index is 551. The van der Waals surface area contributed by atoms with Crippen molar-refractivity contribution in [3.8, 4) is 11.5 Å². The van der Waals surface area contributed by atoms with Gasteiger partial charge >= 0.3 is 0 Å². The topological polar surface area (TPSA) is 64.8 Å². The van der Waals surface area contributed by atoms with Gasteiger partial charge in [0, 0.05) is 17.6 Å². The molecule has 1 amide bonds. The Kier molecular flexibility index (Phi) is 6.54. The van der Waals surface area contributed by atoms with E-state index in [9.17, 15) is 4.79 Å². The number of hydrogen-bond donors (Lipinski definition) is 1. The molecule has 1 aliphatic heterocycles. The first-order chi connectivity index (χ1) is 11.1. The van der Waals surface area contributed by atoms with Gasteiger partial charge in [0.2, 0.25) is 5.91 Å². The predicted octanol–water partition coefficient (Wildman–Crippen LogP) is 2.98. The van der Waals surface area contributed by atoms with E-state index in [0.717, 1.165) is 31.4 Å². The van der Waals surface area contributed by atoms with Crippen LogP contribution >= 0.6 is 11.6 Å². The molecule has 1 atom stereocenters. The first kappa shape index (κ1) is 17.9. The highest BCUT2D eigenvalue weighted by Crippen LogP contribution is 2.35. The SMILES string of the molecule is CCCOc1cc(Cl)c(CN2CCC[C@H]2C(N)=O)cc1OCC. The second kappa shape index (κ2) is 8.41. The van der Waals surface area contributed by atoms with Crippen LogP contribution in [0.15, 0.2) is 12.1 Å². The lowest BCUT2D eigenvalue weighted by molar-refractivity contribution is -0.122. The van der Waals surface area contributed by atoms with Crippen LogP contribution in [0.4, 0.5) is 0 Å². The summed E-state index contributed by atoms with van der Waals surface area (Å²) in [6.45, 7) is 6.58. The third-order valence-corrected chi connectivity index (χ3v) is 4.29. The summed E-state index contributed by atoms with van der Waals surface area (Å²) in [4.78, 5) is 13.6. The van der Waals surface area contributed by atoms with Gasteiger partial charge in [-0.2, -0.15) is 0 Å². The largest absolute Gasteiger partial charge is 0.490 e. The minimum Gasteiger partial charge on any atom is -0.490 e. The molecule has 0 bridgehead atoms. The normalized spacial score (nSPS) is 18.1. The van der Waals surface area contributed by atoms with Crippen molar-refractivity contribution in [3.05, 3.63) is 22.7 Å². The number of halogens is 1. The van der Waals surface area contributed by atoms with Gasteiger partial charge in [0.1, 0.15) is 0 Å². The summed E-state index contributed by atoms with van der Waals surface area (Å²) < 4.78 is 11.4. The van der Waals surface area contributed by atoms with Gasteiger partial charge in [0.05, 0.1) is 19.3 Å². The quantitative estimate of drug-likeness (QED) is 0.790. The molecule has 128 valence electrons. The number of carbonyl (C=O) groups is 1. The van der Waals surface area contributed by atoms with E-state index in [-0.39, 0.29) is 11.9 Å². The Morgan fingerprint density at radius 2 is 2.09 bits per heavy atom. The summed E-state index contributed by atoms with van der Waals surface area (Å²) in [5, 5.41) is 0.620. The zero-order valence-electron chi connectivity index (χ0n) is 13.8. The lowest BCUT2D eigenvalue weighted by atomic mass is 10.1. The van der Waals surface area contributed by atoms with Gasteiger partial charge in [-0.3, -0.25) is 9.69 Å². The average molecular weight is 341 g/mol. The van der Waals surface area contributed by atoms with Crippen molar-refractivity contribution in [2.75, 3.05) is 19.8 Å². The Morgan fingerprint density at radius 1 is 1.35 bits per heavy atom. The first-order valence-corrected chi connectivity index (χ1v) is 8.56. The van der Waals surface area contributed by atoms with Crippen LogP contribution in [0, 0.1) is 0 Å². The minimum absolute atomic E-state index is 0.211. The fraction of sp³-hybridized carbons (Fsp3) is 0.588. The number of rotatable bonds is 8. The summed E-state index contributed by atoms with van der Waals surface area (Å²) in [5.41, 5.74) is 6.40.